The Balaban J connectivity index is 2.99. The van der Waals surface area contributed by atoms with E-state index in [1.807, 2.05) is 0 Å². The molecule has 0 N–H and O–H groups in total. The topological polar surface area (TPSA) is 26.3 Å². The first-order chi connectivity index (χ1) is 6.68. The first-order valence-electron chi connectivity index (χ1n) is 3.55. The average Bonchev–Trinajstić information content (AvgIpc) is 1.99. The summed E-state index contributed by atoms with van der Waals surface area (Å²) >= 11 is 0. The summed E-state index contributed by atoms with van der Waals surface area (Å²) in [5.74, 6) is -0.779. The van der Waals surface area contributed by atoms with Crippen molar-refractivity contribution in [2.24, 2.45) is 0 Å². The molecule has 0 aromatic heterocycles. The molecule has 1 rings (SSSR count). The van der Waals surface area contributed by atoms with Crippen LogP contribution in [0.2, 0.25) is 0 Å². The fourth-order valence-electron chi connectivity index (χ4n) is 0.852. The molecule has 0 fully saturated rings. The molecule has 0 saturated carbocycles. The summed E-state index contributed by atoms with van der Waals surface area (Å²) < 4.78 is 73.5. The highest BCUT2D eigenvalue weighted by Gasteiger charge is 2.31. The van der Waals surface area contributed by atoms with Crippen molar-refractivity contribution in [1.29, 1.82) is 0 Å². The summed E-state index contributed by atoms with van der Waals surface area (Å²) in [6.07, 6.45) is -4.66. The summed E-state index contributed by atoms with van der Waals surface area (Å²) in [5.41, 5.74) is -1.14. The molecule has 84 valence electrons. The predicted octanol–water partition coefficient (Wildman–Crippen LogP) is 4.13. The fraction of sp³-hybridized carbons (Fsp3) is 0.143. The largest absolute Gasteiger partial charge is 0.610 e. The van der Waals surface area contributed by atoms with Crippen molar-refractivity contribution < 1.29 is 30.7 Å². The minimum atomic E-state index is -5.83. The molecule has 0 amide bonds. The van der Waals surface area contributed by atoms with Crippen molar-refractivity contribution in [3.05, 3.63) is 29.8 Å². The minimum absolute atomic E-state index is 0.353. The van der Waals surface area contributed by atoms with Crippen LogP contribution >= 0.6 is 7.99 Å². The summed E-state index contributed by atoms with van der Waals surface area (Å²) in [6, 6.07) is 2.79. The van der Waals surface area contributed by atoms with Crippen molar-refractivity contribution in [3.8, 4) is 5.75 Å². The van der Waals surface area contributed by atoms with Crippen LogP contribution in [0.25, 0.3) is 0 Å². The lowest BCUT2D eigenvalue weighted by molar-refractivity contribution is -0.137. The highest BCUT2D eigenvalue weighted by Crippen LogP contribution is 2.50. The van der Waals surface area contributed by atoms with Gasteiger partial charge in [-0.2, -0.15) is 13.2 Å². The van der Waals surface area contributed by atoms with E-state index >= 15 is 0 Å². The first-order valence-corrected chi connectivity index (χ1v) is 4.95. The molecule has 1 aromatic rings. The Kier molecular flexibility index (Phi) is 3.04. The van der Waals surface area contributed by atoms with Gasteiger partial charge < -0.3 is 4.52 Å². The van der Waals surface area contributed by atoms with Crippen molar-refractivity contribution >= 4 is 7.99 Å². The van der Waals surface area contributed by atoms with Gasteiger partial charge in [0.15, 0.2) is 0 Å². The predicted molar refractivity (Wildman–Crippen MR) is 41.9 cm³/mol. The minimum Gasteiger partial charge on any atom is -0.398 e. The fourth-order valence-corrected chi connectivity index (χ4v) is 1.21. The third-order valence-electron chi connectivity index (χ3n) is 1.37. The van der Waals surface area contributed by atoms with E-state index in [0.717, 1.165) is 12.1 Å². The second kappa shape index (κ2) is 3.81. The molecule has 8 heteroatoms. The number of hydrogen-bond donors (Lipinski definition) is 0. The molecule has 15 heavy (non-hydrogen) atoms. The molecule has 2 nitrogen and oxygen atoms in total. The zero-order valence-corrected chi connectivity index (χ0v) is 7.86. The number of benzene rings is 1. The van der Waals surface area contributed by atoms with E-state index < -0.39 is 25.5 Å². The van der Waals surface area contributed by atoms with Crippen LogP contribution in [0.15, 0.2) is 24.3 Å². The molecule has 0 aliphatic rings. The lowest BCUT2D eigenvalue weighted by atomic mass is 10.2. The smallest absolute Gasteiger partial charge is 0.398 e. The molecule has 0 aliphatic carbocycles. The van der Waals surface area contributed by atoms with E-state index in [1.54, 1.807) is 0 Å². The van der Waals surface area contributed by atoms with Crippen LogP contribution in [0.5, 0.6) is 5.75 Å². The van der Waals surface area contributed by atoms with Gasteiger partial charge in [-0.05, 0) is 18.2 Å². The number of alkyl halides is 3. The van der Waals surface area contributed by atoms with Gasteiger partial charge in [0.2, 0.25) is 0 Å². The maximum Gasteiger partial charge on any atom is 0.610 e. The standard InChI is InChI=1S/C7H4F5O2P/c8-7(9,10)5-2-1-3-6(4-5)14-15(11,12)13/h1-4H. The highest BCUT2D eigenvalue weighted by atomic mass is 31.2. The number of hydrogen-bond acceptors (Lipinski definition) is 2. The summed E-state index contributed by atoms with van der Waals surface area (Å²) in [5, 5.41) is 0. The van der Waals surface area contributed by atoms with Gasteiger partial charge in [-0.15, -0.1) is 8.39 Å². The molecule has 0 aliphatic heterocycles. The SMILES string of the molecule is O=P(F)(F)Oc1cccc(C(F)(F)F)c1. The van der Waals surface area contributed by atoms with Crippen molar-refractivity contribution in [2.75, 3.05) is 0 Å². The normalized spacial score (nSPS) is 12.6. The van der Waals surface area contributed by atoms with Gasteiger partial charge in [0.25, 0.3) is 0 Å². The molecule has 0 saturated heterocycles. The molecule has 0 atom stereocenters. The Morgan fingerprint density at radius 1 is 1.20 bits per heavy atom. The molecule has 0 unspecified atom stereocenters. The molecule has 0 radical (unpaired) electrons. The third kappa shape index (κ3) is 3.87. The van der Waals surface area contributed by atoms with E-state index in [-0.39, 0.29) is 0 Å². The maximum atomic E-state index is 12.1. The van der Waals surface area contributed by atoms with Gasteiger partial charge in [-0.3, -0.25) is 0 Å². The van der Waals surface area contributed by atoms with Crippen LogP contribution in [0.3, 0.4) is 0 Å². The Bertz CT molecular complexity index is 397. The van der Waals surface area contributed by atoms with E-state index in [1.165, 1.54) is 0 Å². The highest BCUT2D eigenvalue weighted by molar-refractivity contribution is 7.48. The van der Waals surface area contributed by atoms with Crippen molar-refractivity contribution in [2.45, 2.75) is 6.18 Å². The Morgan fingerprint density at radius 2 is 1.80 bits per heavy atom. The number of halogens is 5. The van der Waals surface area contributed by atoms with Gasteiger partial charge in [-0.25, -0.2) is 4.57 Å². The van der Waals surface area contributed by atoms with Crippen LogP contribution in [0, 0.1) is 0 Å². The summed E-state index contributed by atoms with van der Waals surface area (Å²) in [7, 11) is -5.83. The molecule has 0 heterocycles. The third-order valence-corrected chi connectivity index (χ3v) is 1.80. The van der Waals surface area contributed by atoms with Crippen LogP contribution in [0.4, 0.5) is 21.6 Å². The zero-order valence-electron chi connectivity index (χ0n) is 6.96. The molecule has 1 aromatic carbocycles. The monoisotopic (exact) mass is 246 g/mol. The van der Waals surface area contributed by atoms with E-state index in [9.17, 15) is 26.1 Å². The summed E-state index contributed by atoms with van der Waals surface area (Å²) in [6.45, 7) is 0. The summed E-state index contributed by atoms with van der Waals surface area (Å²) in [4.78, 5) is 0. The van der Waals surface area contributed by atoms with E-state index in [4.69, 9.17) is 0 Å². The average molecular weight is 246 g/mol. The van der Waals surface area contributed by atoms with Crippen LogP contribution in [-0.2, 0) is 10.7 Å². The van der Waals surface area contributed by atoms with Crippen LogP contribution in [-0.4, -0.2) is 0 Å². The van der Waals surface area contributed by atoms with Crippen molar-refractivity contribution in [3.63, 3.8) is 0 Å². The number of rotatable bonds is 2. The lowest BCUT2D eigenvalue weighted by Gasteiger charge is -2.08. The van der Waals surface area contributed by atoms with Gasteiger partial charge >= 0.3 is 14.2 Å². The van der Waals surface area contributed by atoms with Gasteiger partial charge in [-0.1, -0.05) is 6.07 Å². The Hall–Kier alpha value is -1.10. The lowest BCUT2D eigenvalue weighted by Crippen LogP contribution is -2.04. The molecular formula is C7H4F5O2P. The maximum absolute atomic E-state index is 12.1. The van der Waals surface area contributed by atoms with Gasteiger partial charge in [0.1, 0.15) is 5.75 Å². The molecular weight excluding hydrogens is 242 g/mol. The Labute approximate surface area is 81.4 Å². The molecule has 0 spiro atoms. The van der Waals surface area contributed by atoms with Crippen LogP contribution < -0.4 is 4.52 Å². The quantitative estimate of drug-likeness (QED) is 0.579. The van der Waals surface area contributed by atoms with E-state index in [0.29, 0.717) is 12.1 Å². The van der Waals surface area contributed by atoms with Gasteiger partial charge in [0, 0.05) is 0 Å². The van der Waals surface area contributed by atoms with Gasteiger partial charge in [0.05, 0.1) is 5.56 Å². The molecule has 0 bridgehead atoms. The van der Waals surface area contributed by atoms with Crippen LogP contribution in [0.1, 0.15) is 5.56 Å². The first kappa shape index (κ1) is 12.0. The second-order valence-corrected chi connectivity index (χ2v) is 3.54. The van der Waals surface area contributed by atoms with E-state index in [2.05, 4.69) is 4.52 Å². The van der Waals surface area contributed by atoms with Crippen molar-refractivity contribution in [1.82, 2.24) is 0 Å². The second-order valence-electron chi connectivity index (χ2n) is 2.53. The zero-order chi connectivity index (χ0) is 11.7. The Morgan fingerprint density at radius 3 is 2.27 bits per heavy atom.